The lowest BCUT2D eigenvalue weighted by atomic mass is 10.1. The predicted molar refractivity (Wildman–Crippen MR) is 135 cm³/mol. The summed E-state index contributed by atoms with van der Waals surface area (Å²) in [6.45, 7) is 1.94. The van der Waals surface area contributed by atoms with E-state index >= 15 is 0 Å². The van der Waals surface area contributed by atoms with Gasteiger partial charge in [-0.2, -0.15) is 0 Å². The first-order chi connectivity index (χ1) is 17.5. The third-order valence-electron chi connectivity index (χ3n) is 5.74. The number of aryl methyl sites for hydroxylation is 1. The van der Waals surface area contributed by atoms with E-state index in [1.54, 1.807) is 24.4 Å². The molecule has 0 spiro atoms. The van der Waals surface area contributed by atoms with Gasteiger partial charge in [-0.15, -0.1) is 15.0 Å². The Balaban J connectivity index is 1.41. The fourth-order valence-corrected chi connectivity index (χ4v) is 3.96. The fraction of sp³-hybridized carbons (Fsp3) is 0.0370. The van der Waals surface area contributed by atoms with E-state index in [0.717, 1.165) is 22.1 Å². The molecule has 0 aliphatic rings. The monoisotopic (exact) mass is 474 g/mol. The zero-order valence-electron chi connectivity index (χ0n) is 19.1. The van der Waals surface area contributed by atoms with Gasteiger partial charge in [-0.3, -0.25) is 15.1 Å². The molecule has 6 aromatic rings. The molecule has 36 heavy (non-hydrogen) atoms. The lowest BCUT2D eigenvalue weighted by molar-refractivity contribution is -0.385. The molecule has 2 aromatic heterocycles. The maximum atomic E-state index is 12.0. The molecular formula is C27H18N6O3. The van der Waals surface area contributed by atoms with E-state index in [1.807, 2.05) is 67.6 Å². The van der Waals surface area contributed by atoms with Crippen LogP contribution in [0, 0.1) is 17.0 Å². The van der Waals surface area contributed by atoms with Crippen LogP contribution < -0.4 is 4.74 Å². The Hall–Kier alpha value is -5.18. The van der Waals surface area contributed by atoms with Crippen molar-refractivity contribution in [2.45, 2.75) is 6.92 Å². The van der Waals surface area contributed by atoms with Crippen molar-refractivity contribution in [1.82, 2.24) is 25.0 Å². The van der Waals surface area contributed by atoms with Crippen LogP contribution in [0.1, 0.15) is 5.56 Å². The molecule has 0 unspecified atom stereocenters. The zero-order chi connectivity index (χ0) is 24.6. The Morgan fingerprint density at radius 3 is 2.19 bits per heavy atom. The van der Waals surface area contributed by atoms with E-state index in [4.69, 9.17) is 4.74 Å². The Morgan fingerprint density at radius 2 is 1.47 bits per heavy atom. The number of nitro benzene ring substituents is 1. The van der Waals surface area contributed by atoms with E-state index in [9.17, 15) is 10.1 Å². The Kier molecular flexibility index (Phi) is 5.07. The molecule has 4 aromatic carbocycles. The molecule has 0 saturated carbocycles. The molecule has 0 aliphatic carbocycles. The van der Waals surface area contributed by atoms with Gasteiger partial charge >= 0.3 is 5.69 Å². The largest absolute Gasteiger partial charge is 0.448 e. The van der Waals surface area contributed by atoms with Crippen LogP contribution in [0.25, 0.3) is 39.0 Å². The maximum Gasteiger partial charge on any atom is 0.312 e. The number of ether oxygens (including phenoxy) is 1. The number of hydrogen-bond donors (Lipinski definition) is 0. The van der Waals surface area contributed by atoms with Crippen LogP contribution >= 0.6 is 0 Å². The second-order valence-electron chi connectivity index (χ2n) is 8.23. The highest BCUT2D eigenvalue weighted by molar-refractivity contribution is 5.78. The molecule has 0 N–H and O–H groups in total. The maximum absolute atomic E-state index is 12.0. The number of benzene rings is 4. The van der Waals surface area contributed by atoms with Gasteiger partial charge in [0.1, 0.15) is 16.7 Å². The van der Waals surface area contributed by atoms with E-state index in [2.05, 4.69) is 20.2 Å². The molecule has 0 fully saturated rings. The molecule has 2 heterocycles. The van der Waals surface area contributed by atoms with E-state index < -0.39 is 4.92 Å². The first-order valence-electron chi connectivity index (χ1n) is 11.2. The Morgan fingerprint density at radius 1 is 0.806 bits per heavy atom. The molecule has 0 bridgehead atoms. The SMILES string of the molecule is Cc1ccc(Oc2ccc(-c3cnc4ccccc4n3)cc2[N+](=O)[O-])c(-n2nc3ccccc3n2)c1. The van der Waals surface area contributed by atoms with Gasteiger partial charge in [0.05, 0.1) is 27.8 Å². The average Bonchev–Trinajstić information content (AvgIpc) is 3.34. The molecule has 9 nitrogen and oxygen atoms in total. The number of fused-ring (bicyclic) bond motifs is 2. The van der Waals surface area contributed by atoms with Crippen LogP contribution in [-0.4, -0.2) is 29.9 Å². The third kappa shape index (κ3) is 3.88. The topological polar surface area (TPSA) is 109 Å². The van der Waals surface area contributed by atoms with Crippen LogP contribution in [0.15, 0.2) is 91.1 Å². The van der Waals surface area contributed by atoms with Crippen molar-refractivity contribution in [1.29, 1.82) is 0 Å². The normalized spacial score (nSPS) is 11.1. The van der Waals surface area contributed by atoms with Crippen LogP contribution in [0.2, 0.25) is 0 Å². The van der Waals surface area contributed by atoms with Crippen LogP contribution in [0.3, 0.4) is 0 Å². The second kappa shape index (κ2) is 8.55. The number of aromatic nitrogens is 5. The fourth-order valence-electron chi connectivity index (χ4n) is 3.96. The van der Waals surface area contributed by atoms with Crippen molar-refractivity contribution < 1.29 is 9.66 Å². The van der Waals surface area contributed by atoms with Gasteiger partial charge in [0, 0.05) is 11.6 Å². The van der Waals surface area contributed by atoms with Crippen molar-refractivity contribution in [3.63, 3.8) is 0 Å². The number of hydrogen-bond acceptors (Lipinski definition) is 7. The van der Waals surface area contributed by atoms with Gasteiger partial charge in [-0.05, 0) is 61.0 Å². The summed E-state index contributed by atoms with van der Waals surface area (Å²) in [5, 5.41) is 21.1. The summed E-state index contributed by atoms with van der Waals surface area (Å²) in [7, 11) is 0. The summed E-state index contributed by atoms with van der Waals surface area (Å²) in [4.78, 5) is 22.0. The lowest BCUT2D eigenvalue weighted by Gasteiger charge is -2.12. The summed E-state index contributed by atoms with van der Waals surface area (Å²) in [6, 6.07) is 25.2. The van der Waals surface area contributed by atoms with Crippen molar-refractivity contribution in [2.75, 3.05) is 0 Å². The van der Waals surface area contributed by atoms with Crippen molar-refractivity contribution in [3.05, 3.63) is 107 Å². The Labute approximate surface area is 204 Å². The van der Waals surface area contributed by atoms with Crippen LogP contribution in [0.5, 0.6) is 11.5 Å². The van der Waals surface area contributed by atoms with Gasteiger partial charge in [0.2, 0.25) is 5.75 Å². The van der Waals surface area contributed by atoms with Crippen molar-refractivity contribution in [3.8, 4) is 28.4 Å². The first-order valence-corrected chi connectivity index (χ1v) is 11.2. The molecule has 0 saturated heterocycles. The summed E-state index contributed by atoms with van der Waals surface area (Å²) in [5.41, 5.74) is 5.39. The van der Waals surface area contributed by atoms with Gasteiger partial charge in [0.15, 0.2) is 5.75 Å². The first kappa shape index (κ1) is 21.4. The third-order valence-corrected chi connectivity index (χ3v) is 5.74. The van der Waals surface area contributed by atoms with Crippen molar-refractivity contribution in [2.24, 2.45) is 0 Å². The summed E-state index contributed by atoms with van der Waals surface area (Å²) >= 11 is 0. The predicted octanol–water partition coefficient (Wildman–Crippen LogP) is 6.04. The number of nitrogens with zero attached hydrogens (tertiary/aromatic N) is 6. The van der Waals surface area contributed by atoms with Crippen molar-refractivity contribution >= 4 is 27.8 Å². The highest BCUT2D eigenvalue weighted by atomic mass is 16.6. The molecule has 174 valence electrons. The molecule has 0 aliphatic heterocycles. The highest BCUT2D eigenvalue weighted by Gasteiger charge is 2.20. The van der Waals surface area contributed by atoms with Gasteiger partial charge in [0.25, 0.3) is 0 Å². The van der Waals surface area contributed by atoms with E-state index in [0.29, 0.717) is 28.2 Å². The van der Waals surface area contributed by atoms with E-state index in [-0.39, 0.29) is 11.4 Å². The molecule has 0 amide bonds. The van der Waals surface area contributed by atoms with Gasteiger partial charge in [-0.1, -0.05) is 30.3 Å². The zero-order valence-corrected chi connectivity index (χ0v) is 19.1. The minimum absolute atomic E-state index is 0.0966. The number of rotatable bonds is 5. The molecular weight excluding hydrogens is 456 g/mol. The number of para-hydroxylation sites is 2. The molecule has 6 rings (SSSR count). The standard InChI is InChI=1S/C27H18N6O3/c1-17-10-12-26(24(14-17)32-30-21-8-4-5-9-22(21)31-32)36-27-13-11-18(15-25(27)33(34)35)23-16-28-19-6-2-3-7-20(19)29-23/h2-16H,1H3. The average molecular weight is 474 g/mol. The summed E-state index contributed by atoms with van der Waals surface area (Å²) in [6.07, 6.45) is 1.61. The Bertz CT molecular complexity index is 1750. The van der Waals surface area contributed by atoms with Gasteiger partial charge in [-0.25, -0.2) is 4.98 Å². The smallest absolute Gasteiger partial charge is 0.312 e. The summed E-state index contributed by atoms with van der Waals surface area (Å²) < 4.78 is 6.09. The highest BCUT2D eigenvalue weighted by Crippen LogP contribution is 2.37. The molecule has 0 radical (unpaired) electrons. The quantitative estimate of drug-likeness (QED) is 0.221. The summed E-state index contributed by atoms with van der Waals surface area (Å²) in [5.74, 6) is 0.488. The molecule has 0 atom stereocenters. The lowest BCUT2D eigenvalue weighted by Crippen LogP contribution is -2.03. The van der Waals surface area contributed by atoms with Gasteiger partial charge < -0.3 is 4.74 Å². The number of nitro groups is 1. The minimum Gasteiger partial charge on any atom is -0.448 e. The van der Waals surface area contributed by atoms with Crippen LogP contribution in [-0.2, 0) is 0 Å². The second-order valence-corrected chi connectivity index (χ2v) is 8.23. The van der Waals surface area contributed by atoms with Crippen LogP contribution in [0.4, 0.5) is 5.69 Å². The molecule has 9 heteroatoms. The minimum atomic E-state index is -0.471. The van der Waals surface area contributed by atoms with E-state index in [1.165, 1.54) is 10.9 Å².